The largest absolute Gasteiger partial charge is 0.490 e. The van der Waals surface area contributed by atoms with Crippen molar-refractivity contribution in [3.05, 3.63) is 36.5 Å². The van der Waals surface area contributed by atoms with E-state index in [1.807, 2.05) is 24.4 Å². The minimum absolute atomic E-state index is 0.213. The van der Waals surface area contributed by atoms with Crippen LogP contribution in [0.1, 0.15) is 51.4 Å². The van der Waals surface area contributed by atoms with E-state index < -0.39 is 0 Å². The van der Waals surface area contributed by atoms with E-state index in [2.05, 4.69) is 34.4 Å². The zero-order valence-corrected chi connectivity index (χ0v) is 16.8. The molecule has 1 aliphatic carbocycles. The summed E-state index contributed by atoms with van der Waals surface area (Å²) < 4.78 is 6.21. The van der Waals surface area contributed by atoms with E-state index in [0.29, 0.717) is 18.5 Å². The molecular formula is C23H31N3O2. The van der Waals surface area contributed by atoms with Gasteiger partial charge in [-0.25, -0.2) is 0 Å². The van der Waals surface area contributed by atoms with Crippen molar-refractivity contribution >= 4 is 16.8 Å². The molecule has 2 aliphatic rings. The zero-order valence-electron chi connectivity index (χ0n) is 16.8. The number of piperidine rings is 1. The van der Waals surface area contributed by atoms with Gasteiger partial charge in [-0.3, -0.25) is 9.78 Å². The number of rotatable bonds is 5. The van der Waals surface area contributed by atoms with E-state index in [1.54, 1.807) is 0 Å². The van der Waals surface area contributed by atoms with Crippen molar-refractivity contribution < 1.29 is 9.53 Å². The van der Waals surface area contributed by atoms with E-state index in [-0.39, 0.29) is 12.0 Å². The second kappa shape index (κ2) is 8.91. The molecule has 0 bridgehead atoms. The number of pyridine rings is 1. The molecule has 4 rings (SSSR count). The standard InChI is InChI=1S/C23H31N3O2/c1-26-14-3-2-6-19(26)16-23(27)25-18-7-9-20(10-8-18)28-21-11-12-22-17(15-21)5-4-13-24-22/h4-5,11-13,15,18-20H,2-3,6-10,14,16H2,1H3,(H,25,27). The number of amides is 1. The van der Waals surface area contributed by atoms with E-state index in [1.165, 1.54) is 12.8 Å². The summed E-state index contributed by atoms with van der Waals surface area (Å²) in [5.74, 6) is 1.12. The SMILES string of the molecule is CN1CCCCC1CC(=O)NC1CCC(Oc2ccc3ncccc3c2)CC1. The molecular weight excluding hydrogens is 350 g/mol. The Bertz CT molecular complexity index is 801. The fraction of sp³-hybridized carbons (Fsp3) is 0.565. The van der Waals surface area contributed by atoms with Gasteiger partial charge in [0.1, 0.15) is 5.75 Å². The Balaban J connectivity index is 1.23. The maximum absolute atomic E-state index is 12.4. The van der Waals surface area contributed by atoms with Crippen LogP contribution in [0.5, 0.6) is 5.75 Å². The zero-order chi connectivity index (χ0) is 19.3. The molecule has 2 heterocycles. The molecule has 1 aromatic carbocycles. The van der Waals surface area contributed by atoms with Crippen LogP contribution in [0.3, 0.4) is 0 Å². The first kappa shape index (κ1) is 19.2. The van der Waals surface area contributed by atoms with Gasteiger partial charge in [-0.2, -0.15) is 0 Å². The Morgan fingerprint density at radius 1 is 1.18 bits per heavy atom. The highest BCUT2D eigenvalue weighted by Crippen LogP contribution is 2.26. The number of likely N-dealkylation sites (tertiary alicyclic amines) is 1. The molecule has 1 N–H and O–H groups in total. The monoisotopic (exact) mass is 381 g/mol. The molecule has 1 saturated heterocycles. The van der Waals surface area contributed by atoms with Gasteiger partial charge in [-0.1, -0.05) is 12.5 Å². The summed E-state index contributed by atoms with van der Waals surface area (Å²) in [7, 11) is 2.14. The van der Waals surface area contributed by atoms with E-state index in [9.17, 15) is 4.79 Å². The lowest BCUT2D eigenvalue weighted by Gasteiger charge is -2.33. The first-order valence-corrected chi connectivity index (χ1v) is 10.7. The Morgan fingerprint density at radius 2 is 2.04 bits per heavy atom. The lowest BCUT2D eigenvalue weighted by Crippen LogP contribution is -2.44. The van der Waals surface area contributed by atoms with Gasteiger partial charge in [-0.05, 0) is 76.4 Å². The van der Waals surface area contributed by atoms with E-state index >= 15 is 0 Å². The van der Waals surface area contributed by atoms with Crippen LogP contribution < -0.4 is 10.1 Å². The lowest BCUT2D eigenvalue weighted by atomic mass is 9.92. The highest BCUT2D eigenvalue weighted by Gasteiger charge is 2.26. The number of hydrogen-bond donors (Lipinski definition) is 1. The number of fused-ring (bicyclic) bond motifs is 1. The van der Waals surface area contributed by atoms with Crippen LogP contribution in [-0.2, 0) is 4.79 Å². The van der Waals surface area contributed by atoms with Crippen molar-refractivity contribution in [2.24, 2.45) is 0 Å². The molecule has 1 aromatic heterocycles. The van der Waals surface area contributed by atoms with Crippen molar-refractivity contribution in [1.82, 2.24) is 15.2 Å². The summed E-state index contributed by atoms with van der Waals surface area (Å²) >= 11 is 0. The third-order valence-corrected chi connectivity index (χ3v) is 6.26. The van der Waals surface area contributed by atoms with Crippen LogP contribution in [0.25, 0.3) is 10.9 Å². The minimum Gasteiger partial charge on any atom is -0.490 e. The highest BCUT2D eigenvalue weighted by molar-refractivity contribution is 5.79. The molecule has 2 fully saturated rings. The quantitative estimate of drug-likeness (QED) is 0.853. The van der Waals surface area contributed by atoms with Gasteiger partial charge in [0.25, 0.3) is 0 Å². The predicted octanol–water partition coefficient (Wildman–Crippen LogP) is 3.92. The molecule has 1 saturated carbocycles. The first-order valence-electron chi connectivity index (χ1n) is 10.7. The highest BCUT2D eigenvalue weighted by atomic mass is 16.5. The predicted molar refractivity (Wildman–Crippen MR) is 111 cm³/mol. The maximum Gasteiger partial charge on any atom is 0.221 e. The summed E-state index contributed by atoms with van der Waals surface area (Å²) in [5.41, 5.74) is 0.991. The normalized spacial score (nSPS) is 26.1. The van der Waals surface area contributed by atoms with Crippen molar-refractivity contribution in [3.63, 3.8) is 0 Å². The fourth-order valence-electron chi connectivity index (χ4n) is 4.55. The molecule has 5 nitrogen and oxygen atoms in total. The molecule has 28 heavy (non-hydrogen) atoms. The molecule has 5 heteroatoms. The Morgan fingerprint density at radius 3 is 2.86 bits per heavy atom. The van der Waals surface area contributed by atoms with Crippen molar-refractivity contribution in [1.29, 1.82) is 0 Å². The smallest absolute Gasteiger partial charge is 0.221 e. The summed E-state index contributed by atoms with van der Waals surface area (Å²) in [6.07, 6.45) is 10.3. The lowest BCUT2D eigenvalue weighted by molar-refractivity contribution is -0.123. The second-order valence-electron chi connectivity index (χ2n) is 8.35. The van der Waals surface area contributed by atoms with Crippen LogP contribution >= 0.6 is 0 Å². The van der Waals surface area contributed by atoms with Crippen LogP contribution in [0.4, 0.5) is 0 Å². The molecule has 1 amide bonds. The number of nitrogens with one attached hydrogen (secondary N) is 1. The topological polar surface area (TPSA) is 54.5 Å². The first-order chi connectivity index (χ1) is 13.7. The van der Waals surface area contributed by atoms with Gasteiger partial charge >= 0.3 is 0 Å². The molecule has 2 aromatic rings. The minimum atomic E-state index is 0.213. The molecule has 1 unspecified atom stereocenters. The van der Waals surface area contributed by atoms with Gasteiger partial charge in [0.15, 0.2) is 0 Å². The number of hydrogen-bond acceptors (Lipinski definition) is 4. The Labute approximate surface area is 167 Å². The van der Waals surface area contributed by atoms with Crippen molar-refractivity contribution in [2.75, 3.05) is 13.6 Å². The fourth-order valence-corrected chi connectivity index (χ4v) is 4.55. The van der Waals surface area contributed by atoms with Gasteiger partial charge in [-0.15, -0.1) is 0 Å². The van der Waals surface area contributed by atoms with Crippen LogP contribution in [0.15, 0.2) is 36.5 Å². The number of carbonyl (C=O) groups excluding carboxylic acids is 1. The number of aromatic nitrogens is 1. The third kappa shape index (κ3) is 4.82. The van der Waals surface area contributed by atoms with Crippen LogP contribution in [0, 0.1) is 0 Å². The molecule has 150 valence electrons. The van der Waals surface area contributed by atoms with Crippen molar-refractivity contribution in [2.45, 2.75) is 69.6 Å². The Hall–Kier alpha value is -2.14. The summed E-state index contributed by atoms with van der Waals surface area (Å²) in [5, 5.41) is 4.37. The summed E-state index contributed by atoms with van der Waals surface area (Å²) in [6.45, 7) is 1.12. The number of benzene rings is 1. The molecule has 0 spiro atoms. The number of carbonyl (C=O) groups is 1. The van der Waals surface area contributed by atoms with Gasteiger partial charge in [0.05, 0.1) is 11.6 Å². The number of nitrogens with zero attached hydrogens (tertiary/aromatic N) is 2. The number of ether oxygens (including phenoxy) is 1. The van der Waals surface area contributed by atoms with Crippen LogP contribution in [-0.4, -0.2) is 47.6 Å². The van der Waals surface area contributed by atoms with Gasteiger partial charge in [0.2, 0.25) is 5.91 Å². The van der Waals surface area contributed by atoms with E-state index in [4.69, 9.17) is 4.74 Å². The molecule has 1 aliphatic heterocycles. The summed E-state index contributed by atoms with van der Waals surface area (Å²) in [4.78, 5) is 19.1. The van der Waals surface area contributed by atoms with Crippen molar-refractivity contribution in [3.8, 4) is 5.75 Å². The van der Waals surface area contributed by atoms with Gasteiger partial charge < -0.3 is 15.0 Å². The van der Waals surface area contributed by atoms with Crippen LogP contribution in [0.2, 0.25) is 0 Å². The van der Waals surface area contributed by atoms with E-state index in [0.717, 1.165) is 55.3 Å². The van der Waals surface area contributed by atoms with Gasteiger partial charge in [0, 0.05) is 30.1 Å². The Kier molecular flexibility index (Phi) is 6.10. The molecule has 1 atom stereocenters. The molecule has 0 radical (unpaired) electrons. The average molecular weight is 382 g/mol. The third-order valence-electron chi connectivity index (χ3n) is 6.26. The average Bonchev–Trinajstić information content (AvgIpc) is 2.71. The second-order valence-corrected chi connectivity index (χ2v) is 8.35. The summed E-state index contributed by atoms with van der Waals surface area (Å²) in [6, 6.07) is 10.8. The maximum atomic E-state index is 12.4.